The van der Waals surface area contributed by atoms with Gasteiger partial charge >= 0.3 is 0 Å². The average Bonchev–Trinajstić information content (AvgIpc) is 4.32. The molecule has 0 saturated carbocycles. The molecule has 0 aliphatic heterocycles. The lowest BCUT2D eigenvalue weighted by Gasteiger charge is -2.18. The number of benzene rings is 10. The van der Waals surface area contributed by atoms with Gasteiger partial charge in [0.25, 0.3) is 0 Å². The van der Waals surface area contributed by atoms with E-state index in [1.807, 2.05) is 23.4 Å². The largest absolute Gasteiger partial charge is 0.444 e. The van der Waals surface area contributed by atoms with Crippen molar-refractivity contribution in [2.45, 2.75) is 0 Å². The van der Waals surface area contributed by atoms with Crippen LogP contribution in [0.4, 0.5) is 0 Å². The van der Waals surface area contributed by atoms with Gasteiger partial charge in [0.1, 0.15) is 0 Å². The van der Waals surface area contributed by atoms with Gasteiger partial charge in [0.15, 0.2) is 24.3 Å². The van der Waals surface area contributed by atoms with Crippen LogP contribution >= 0.6 is 22.7 Å². The first-order chi connectivity index (χ1) is 35.7. The molecular weight excluding hydrogens is 921 g/mol. The Labute approximate surface area is 422 Å². The van der Waals surface area contributed by atoms with E-state index in [-0.39, 0.29) is 0 Å². The molecule has 10 aromatic carbocycles. The van der Waals surface area contributed by atoms with Crippen LogP contribution in [-0.4, -0.2) is 19.9 Å². The summed E-state index contributed by atoms with van der Waals surface area (Å²) in [5.41, 5.74) is 17.9. The Morgan fingerprint density at radius 1 is 0.264 bits per heavy atom. The van der Waals surface area contributed by atoms with Crippen LogP contribution in [0.5, 0.6) is 0 Å². The molecule has 0 saturated heterocycles. The molecule has 0 fully saturated rings. The molecule has 14 rings (SSSR count). The third kappa shape index (κ3) is 7.85. The van der Waals surface area contributed by atoms with E-state index in [9.17, 15) is 0 Å². The third-order valence-corrected chi connectivity index (χ3v) is 15.0. The summed E-state index contributed by atoms with van der Waals surface area (Å²) < 4.78 is 11.2. The van der Waals surface area contributed by atoms with Crippen molar-refractivity contribution in [1.29, 1.82) is 0 Å². The molecule has 4 aromatic heterocycles. The molecule has 0 aliphatic carbocycles. The minimum atomic E-state index is 0.756. The Morgan fingerprint density at radius 2 is 0.542 bits per heavy atom. The lowest BCUT2D eigenvalue weighted by Crippen LogP contribution is -1.91. The molecule has 0 atom stereocenters. The summed E-state index contributed by atoms with van der Waals surface area (Å²) >= 11 is 3.34. The smallest absolute Gasteiger partial charge is 0.181 e. The maximum atomic E-state index is 5.58. The number of hydrogen-bond acceptors (Lipinski definition) is 8. The Balaban J connectivity index is 0.000000140. The second-order valence-electron chi connectivity index (χ2n) is 17.5. The summed E-state index contributed by atoms with van der Waals surface area (Å²) in [6.07, 6.45) is 10.3. The predicted molar refractivity (Wildman–Crippen MR) is 298 cm³/mol. The van der Waals surface area contributed by atoms with E-state index in [2.05, 4.69) is 214 Å². The second-order valence-corrected chi connectivity index (χ2v) is 19.2. The van der Waals surface area contributed by atoms with Crippen LogP contribution in [0.1, 0.15) is 0 Å². The number of nitrogens with zero attached hydrogens (tertiary/aromatic N) is 4. The highest BCUT2D eigenvalue weighted by Crippen LogP contribution is 2.47. The van der Waals surface area contributed by atoms with E-state index in [4.69, 9.17) is 8.83 Å². The summed E-state index contributed by atoms with van der Waals surface area (Å²) in [6, 6.07) is 69.5. The predicted octanol–water partition coefficient (Wildman–Crippen LogP) is 18.2. The molecule has 8 heteroatoms. The van der Waals surface area contributed by atoms with Gasteiger partial charge in [-0.3, -0.25) is 9.97 Å². The van der Waals surface area contributed by atoms with Crippen LogP contribution in [0, 0.1) is 0 Å². The van der Waals surface area contributed by atoms with Crippen molar-refractivity contribution >= 4 is 65.8 Å². The van der Waals surface area contributed by atoms with Crippen LogP contribution in [0.3, 0.4) is 0 Å². The van der Waals surface area contributed by atoms with Crippen molar-refractivity contribution in [2.75, 3.05) is 0 Å². The highest BCUT2D eigenvalue weighted by atomic mass is 32.1. The maximum absolute atomic E-state index is 5.58. The summed E-state index contributed by atoms with van der Waals surface area (Å²) in [5, 5.41) is 9.84. The standard InChI is InChI=1S/C32H20N2O2.C32H20N2S2/c2*1-2-12-26-25(11-1)31(23-9-5-7-21(15-23)29-17-33-19-35-29)27-13-3-4-14-28(27)32(26)24-10-6-8-22(16-24)30-18-34-20-36-30/h2*1-20H. The molecule has 0 N–H and O–H groups in total. The van der Waals surface area contributed by atoms with Gasteiger partial charge < -0.3 is 8.83 Å². The lowest BCUT2D eigenvalue weighted by atomic mass is 9.85. The van der Waals surface area contributed by atoms with Gasteiger partial charge in [0.05, 0.1) is 33.2 Å². The molecule has 14 aromatic rings. The van der Waals surface area contributed by atoms with Crippen LogP contribution in [0.15, 0.2) is 252 Å². The Morgan fingerprint density at radius 3 is 0.806 bits per heavy atom. The van der Waals surface area contributed by atoms with Crippen LogP contribution < -0.4 is 0 Å². The number of fused-ring (bicyclic) bond motifs is 4. The summed E-state index contributed by atoms with van der Waals surface area (Å²) in [7, 11) is 0. The minimum absolute atomic E-state index is 0.756. The van der Waals surface area contributed by atoms with Gasteiger partial charge in [-0.15, -0.1) is 22.7 Å². The fourth-order valence-corrected chi connectivity index (χ4v) is 11.5. The van der Waals surface area contributed by atoms with Gasteiger partial charge in [-0.2, -0.15) is 0 Å². The topological polar surface area (TPSA) is 77.8 Å². The molecule has 340 valence electrons. The van der Waals surface area contributed by atoms with E-state index in [0.29, 0.717) is 0 Å². The molecule has 0 bridgehead atoms. The van der Waals surface area contributed by atoms with Gasteiger partial charge in [-0.1, -0.05) is 170 Å². The number of oxazole rings is 2. The summed E-state index contributed by atoms with van der Waals surface area (Å²) in [4.78, 5) is 19.1. The zero-order valence-electron chi connectivity index (χ0n) is 38.5. The highest BCUT2D eigenvalue weighted by Gasteiger charge is 2.20. The van der Waals surface area contributed by atoms with Crippen LogP contribution in [-0.2, 0) is 0 Å². The van der Waals surface area contributed by atoms with E-state index < -0.39 is 0 Å². The zero-order valence-corrected chi connectivity index (χ0v) is 40.1. The van der Waals surface area contributed by atoms with Crippen molar-refractivity contribution in [2.24, 2.45) is 0 Å². The van der Waals surface area contributed by atoms with Crippen molar-refractivity contribution < 1.29 is 8.83 Å². The molecule has 6 nitrogen and oxygen atoms in total. The molecule has 0 aliphatic rings. The van der Waals surface area contributed by atoms with Crippen LogP contribution in [0.25, 0.3) is 131 Å². The van der Waals surface area contributed by atoms with E-state index in [1.165, 1.54) is 110 Å². The van der Waals surface area contributed by atoms with E-state index in [0.717, 1.165) is 33.8 Å². The van der Waals surface area contributed by atoms with Crippen molar-refractivity contribution in [1.82, 2.24) is 19.9 Å². The molecule has 72 heavy (non-hydrogen) atoms. The number of rotatable bonds is 8. The SMILES string of the molecule is c1cc(-c2cnco2)cc(-c2c3ccccc3c(-c3cccc(-c4cnco4)c3)c3ccccc23)c1.c1cc(-c2cncs2)cc(-c2c3ccccc3c(-c3cccc(-c4cncs4)c3)c3ccccc23)c1. The fraction of sp³-hybridized carbons (Fsp3) is 0. The first kappa shape index (κ1) is 43.0. The normalized spacial score (nSPS) is 11.3. The van der Waals surface area contributed by atoms with E-state index >= 15 is 0 Å². The van der Waals surface area contributed by atoms with Gasteiger partial charge in [0, 0.05) is 23.5 Å². The number of aromatic nitrogens is 4. The Hall–Kier alpha value is -9.08. The average molecular weight is 961 g/mol. The fourth-order valence-electron chi connectivity index (χ4n) is 10.2. The molecule has 0 radical (unpaired) electrons. The Kier molecular flexibility index (Phi) is 11.1. The first-order valence-electron chi connectivity index (χ1n) is 23.6. The van der Waals surface area contributed by atoms with E-state index in [1.54, 1.807) is 35.1 Å². The minimum Gasteiger partial charge on any atom is -0.444 e. The molecule has 0 spiro atoms. The van der Waals surface area contributed by atoms with Crippen molar-refractivity contribution in [3.63, 3.8) is 0 Å². The molecule has 0 amide bonds. The monoisotopic (exact) mass is 960 g/mol. The number of hydrogen-bond donors (Lipinski definition) is 0. The molecular formula is C64H40N4O2S2. The summed E-state index contributed by atoms with van der Waals surface area (Å²) in [5.74, 6) is 1.51. The van der Waals surface area contributed by atoms with Crippen LogP contribution in [0.2, 0.25) is 0 Å². The van der Waals surface area contributed by atoms with Gasteiger partial charge in [0.2, 0.25) is 0 Å². The summed E-state index contributed by atoms with van der Waals surface area (Å²) in [6.45, 7) is 0. The highest BCUT2D eigenvalue weighted by molar-refractivity contribution is 7.13. The third-order valence-electron chi connectivity index (χ3n) is 13.3. The second kappa shape index (κ2) is 18.7. The quantitative estimate of drug-likeness (QED) is 0.141. The van der Waals surface area contributed by atoms with Crippen molar-refractivity contribution in [3.8, 4) is 88.0 Å². The maximum Gasteiger partial charge on any atom is 0.181 e. The lowest BCUT2D eigenvalue weighted by molar-refractivity contribution is 0.571. The van der Waals surface area contributed by atoms with Crippen molar-refractivity contribution in [3.05, 3.63) is 243 Å². The van der Waals surface area contributed by atoms with Gasteiger partial charge in [-0.25, -0.2) is 9.97 Å². The molecule has 0 unspecified atom stereocenters. The molecule has 4 heterocycles. The van der Waals surface area contributed by atoms with Gasteiger partial charge in [-0.05, 0) is 123 Å². The first-order valence-corrected chi connectivity index (χ1v) is 25.3. The Bertz CT molecular complexity index is 3560. The number of thiazole rings is 2. The zero-order chi connectivity index (χ0) is 47.8.